The quantitative estimate of drug-likeness (QED) is 0.517. The second kappa shape index (κ2) is 9.42. The van der Waals surface area contributed by atoms with Gasteiger partial charge in [0, 0.05) is 17.5 Å². The minimum absolute atomic E-state index is 0.175. The van der Waals surface area contributed by atoms with Crippen LogP contribution in [0.1, 0.15) is 32.1 Å². The number of likely N-dealkylation sites (tertiary alicyclic amines) is 1. The first-order valence-corrected chi connectivity index (χ1v) is 10.8. The molecule has 0 bridgehead atoms. The summed E-state index contributed by atoms with van der Waals surface area (Å²) in [4.78, 5) is 14.6. The first kappa shape index (κ1) is 19.9. The van der Waals surface area contributed by atoms with E-state index < -0.39 is 0 Å². The normalized spacial score (nSPS) is 14.5. The van der Waals surface area contributed by atoms with Gasteiger partial charge in [-0.1, -0.05) is 42.3 Å². The summed E-state index contributed by atoms with van der Waals surface area (Å²) in [5.41, 5.74) is 2.41. The maximum absolute atomic E-state index is 12.0. The number of anilines is 1. The smallest absolute Gasteiger partial charge is 0.272 e. The third-order valence-electron chi connectivity index (χ3n) is 5.60. The predicted octanol–water partition coefficient (Wildman–Crippen LogP) is 4.92. The summed E-state index contributed by atoms with van der Waals surface area (Å²) in [6, 6.07) is 13.4. The van der Waals surface area contributed by atoms with Gasteiger partial charge in [0.15, 0.2) is 0 Å². The van der Waals surface area contributed by atoms with Crippen LogP contribution in [0.15, 0.2) is 47.3 Å². The zero-order chi connectivity index (χ0) is 20.1. The SMILES string of the molecule is O=c1[nH]nc(-c2ccc(Cl)c(NCCCCCN3CCCC3)c2)c2ccccc12. The fourth-order valence-electron chi connectivity index (χ4n) is 4.01. The van der Waals surface area contributed by atoms with Gasteiger partial charge in [-0.15, -0.1) is 0 Å². The van der Waals surface area contributed by atoms with Crippen molar-refractivity contribution in [3.8, 4) is 11.3 Å². The number of fused-ring (bicyclic) bond motifs is 1. The van der Waals surface area contributed by atoms with Crippen LogP contribution >= 0.6 is 11.6 Å². The molecule has 2 N–H and O–H groups in total. The molecule has 4 rings (SSSR count). The van der Waals surface area contributed by atoms with E-state index in [0.29, 0.717) is 10.4 Å². The van der Waals surface area contributed by atoms with E-state index in [1.165, 1.54) is 45.3 Å². The molecule has 0 amide bonds. The largest absolute Gasteiger partial charge is 0.384 e. The van der Waals surface area contributed by atoms with Crippen molar-refractivity contribution in [3.05, 3.63) is 57.8 Å². The van der Waals surface area contributed by atoms with Gasteiger partial charge in [-0.25, -0.2) is 5.10 Å². The highest BCUT2D eigenvalue weighted by Gasteiger charge is 2.11. The van der Waals surface area contributed by atoms with Crippen molar-refractivity contribution < 1.29 is 0 Å². The fraction of sp³-hybridized carbons (Fsp3) is 0.391. The number of halogens is 1. The van der Waals surface area contributed by atoms with Gasteiger partial charge in [0.1, 0.15) is 0 Å². The van der Waals surface area contributed by atoms with E-state index in [2.05, 4.69) is 20.4 Å². The summed E-state index contributed by atoms with van der Waals surface area (Å²) in [7, 11) is 0. The van der Waals surface area contributed by atoms with Crippen LogP contribution in [0, 0.1) is 0 Å². The van der Waals surface area contributed by atoms with E-state index in [9.17, 15) is 4.79 Å². The van der Waals surface area contributed by atoms with Gasteiger partial charge in [-0.3, -0.25) is 4.79 Å². The molecule has 0 saturated carbocycles. The molecule has 0 spiro atoms. The van der Waals surface area contributed by atoms with E-state index in [-0.39, 0.29) is 5.56 Å². The highest BCUT2D eigenvalue weighted by Crippen LogP contribution is 2.30. The molecule has 2 aromatic carbocycles. The fourth-order valence-corrected chi connectivity index (χ4v) is 4.19. The number of rotatable bonds is 8. The van der Waals surface area contributed by atoms with Crippen molar-refractivity contribution in [2.45, 2.75) is 32.1 Å². The molecule has 6 heteroatoms. The molecule has 3 aromatic rings. The topological polar surface area (TPSA) is 61.0 Å². The predicted molar refractivity (Wildman–Crippen MR) is 121 cm³/mol. The van der Waals surface area contributed by atoms with E-state index in [1.54, 1.807) is 0 Å². The third kappa shape index (κ3) is 4.80. The number of benzene rings is 2. The highest BCUT2D eigenvalue weighted by atomic mass is 35.5. The molecule has 1 saturated heterocycles. The minimum Gasteiger partial charge on any atom is -0.384 e. The van der Waals surface area contributed by atoms with Gasteiger partial charge in [0.25, 0.3) is 5.56 Å². The molecule has 0 unspecified atom stereocenters. The maximum Gasteiger partial charge on any atom is 0.272 e. The van der Waals surface area contributed by atoms with Gasteiger partial charge < -0.3 is 10.2 Å². The summed E-state index contributed by atoms with van der Waals surface area (Å²) in [5.74, 6) is 0. The summed E-state index contributed by atoms with van der Waals surface area (Å²) in [6.07, 6.45) is 6.30. The van der Waals surface area contributed by atoms with Gasteiger partial charge >= 0.3 is 0 Å². The monoisotopic (exact) mass is 410 g/mol. The van der Waals surface area contributed by atoms with E-state index >= 15 is 0 Å². The zero-order valence-corrected chi connectivity index (χ0v) is 17.3. The molecule has 0 radical (unpaired) electrons. The van der Waals surface area contributed by atoms with Gasteiger partial charge in [-0.2, -0.15) is 5.10 Å². The Morgan fingerprint density at radius 1 is 1.03 bits per heavy atom. The first-order chi connectivity index (χ1) is 14.2. The van der Waals surface area contributed by atoms with Crippen LogP contribution in [0.3, 0.4) is 0 Å². The van der Waals surface area contributed by atoms with Crippen molar-refractivity contribution in [2.75, 3.05) is 31.5 Å². The molecule has 1 aliphatic rings. The van der Waals surface area contributed by atoms with Gasteiger partial charge in [0.2, 0.25) is 0 Å². The van der Waals surface area contributed by atoms with Crippen molar-refractivity contribution in [1.82, 2.24) is 15.1 Å². The minimum atomic E-state index is -0.175. The standard InChI is InChI=1S/C23H27ClN4O/c24-20-11-10-17(22-18-8-2-3-9-19(18)23(29)27-26-22)16-21(20)25-12-4-1-5-13-28-14-6-7-15-28/h2-3,8-11,16,25H,1,4-7,12-15H2,(H,27,29). The van der Waals surface area contributed by atoms with Crippen LogP contribution in [0.25, 0.3) is 22.0 Å². The number of nitrogens with zero attached hydrogens (tertiary/aromatic N) is 2. The molecule has 0 aliphatic carbocycles. The van der Waals surface area contributed by atoms with Crippen LogP contribution in [-0.4, -0.2) is 41.3 Å². The highest BCUT2D eigenvalue weighted by molar-refractivity contribution is 6.33. The average molecular weight is 411 g/mol. The van der Waals surface area contributed by atoms with Gasteiger partial charge in [-0.05, 0) is 63.5 Å². The lowest BCUT2D eigenvalue weighted by molar-refractivity contribution is 0.329. The molecule has 1 fully saturated rings. The Balaban J connectivity index is 1.40. The molecule has 5 nitrogen and oxygen atoms in total. The van der Waals surface area contributed by atoms with Crippen LogP contribution in [0.5, 0.6) is 0 Å². The number of aromatic amines is 1. The van der Waals surface area contributed by atoms with Crippen LogP contribution < -0.4 is 10.9 Å². The lowest BCUT2D eigenvalue weighted by atomic mass is 10.0. The Morgan fingerprint density at radius 2 is 1.83 bits per heavy atom. The van der Waals surface area contributed by atoms with E-state index in [1.807, 2.05) is 42.5 Å². The molecular weight excluding hydrogens is 384 g/mol. The number of unbranched alkanes of at least 4 members (excludes halogenated alkanes) is 2. The molecule has 29 heavy (non-hydrogen) atoms. The number of hydrogen-bond donors (Lipinski definition) is 2. The van der Waals surface area contributed by atoms with Crippen LogP contribution in [0.2, 0.25) is 5.02 Å². The summed E-state index contributed by atoms with van der Waals surface area (Å²) in [5, 5.41) is 12.5. The Labute approximate surface area is 176 Å². The molecule has 2 heterocycles. The molecule has 152 valence electrons. The number of nitrogens with one attached hydrogen (secondary N) is 2. The van der Waals surface area contributed by atoms with Crippen molar-refractivity contribution in [1.29, 1.82) is 0 Å². The van der Waals surface area contributed by atoms with Crippen molar-refractivity contribution in [2.24, 2.45) is 0 Å². The Bertz CT molecular complexity index is 1030. The molecule has 1 aromatic heterocycles. The molecule has 0 atom stereocenters. The van der Waals surface area contributed by atoms with Gasteiger partial charge in [0.05, 0.1) is 21.8 Å². The van der Waals surface area contributed by atoms with Crippen molar-refractivity contribution in [3.63, 3.8) is 0 Å². The third-order valence-corrected chi connectivity index (χ3v) is 5.93. The van der Waals surface area contributed by atoms with Crippen molar-refractivity contribution >= 4 is 28.1 Å². The second-order valence-corrected chi connectivity index (χ2v) is 8.08. The zero-order valence-electron chi connectivity index (χ0n) is 16.6. The molecular formula is C23H27ClN4O. The summed E-state index contributed by atoms with van der Waals surface area (Å²) >= 11 is 6.41. The average Bonchev–Trinajstić information content (AvgIpc) is 3.26. The number of H-pyrrole nitrogens is 1. The van der Waals surface area contributed by atoms with Crippen LogP contribution in [-0.2, 0) is 0 Å². The van der Waals surface area contributed by atoms with E-state index in [4.69, 9.17) is 11.6 Å². The first-order valence-electron chi connectivity index (χ1n) is 10.5. The summed E-state index contributed by atoms with van der Waals surface area (Å²) < 4.78 is 0. The lowest BCUT2D eigenvalue weighted by Crippen LogP contribution is -2.20. The summed E-state index contributed by atoms with van der Waals surface area (Å²) in [6.45, 7) is 4.66. The Kier molecular flexibility index (Phi) is 6.47. The van der Waals surface area contributed by atoms with E-state index in [0.717, 1.165) is 35.3 Å². The van der Waals surface area contributed by atoms with Crippen LogP contribution in [0.4, 0.5) is 5.69 Å². The second-order valence-electron chi connectivity index (χ2n) is 7.68. The number of aromatic nitrogens is 2. The number of hydrogen-bond acceptors (Lipinski definition) is 4. The lowest BCUT2D eigenvalue weighted by Gasteiger charge is -2.14. The Hall–Kier alpha value is -2.37. The Morgan fingerprint density at radius 3 is 2.66 bits per heavy atom. The maximum atomic E-state index is 12.0. The molecule has 1 aliphatic heterocycles.